The van der Waals surface area contributed by atoms with Crippen molar-refractivity contribution in [1.29, 1.82) is 0 Å². The van der Waals surface area contributed by atoms with E-state index in [1.807, 2.05) is 0 Å². The average molecular weight is 708 g/mol. The zero-order valence-electron chi connectivity index (χ0n) is 25.5. The summed E-state index contributed by atoms with van der Waals surface area (Å²) in [5, 5.41) is 136. The number of hydrogen-bond acceptors (Lipinski definition) is 21. The van der Waals surface area contributed by atoms with Gasteiger partial charge in [0.25, 0.3) is 0 Å². The van der Waals surface area contributed by atoms with Gasteiger partial charge in [0, 0.05) is 6.92 Å². The molecule has 0 aromatic rings. The largest absolute Gasteiger partial charge is 0.394 e. The Labute approximate surface area is 272 Å². The van der Waals surface area contributed by atoms with Crippen LogP contribution in [0.1, 0.15) is 6.92 Å². The van der Waals surface area contributed by atoms with Crippen LogP contribution in [0.5, 0.6) is 0 Å². The first-order valence-corrected chi connectivity index (χ1v) is 15.1. The van der Waals surface area contributed by atoms with Gasteiger partial charge in [-0.25, -0.2) is 0 Å². The summed E-state index contributed by atoms with van der Waals surface area (Å²) in [6, 6.07) is -1.44. The minimum absolute atomic E-state index is 0.656. The molecule has 4 fully saturated rings. The fourth-order valence-electron chi connectivity index (χ4n) is 5.84. The first-order valence-electron chi connectivity index (χ1n) is 15.1. The second-order valence-electron chi connectivity index (χ2n) is 11.9. The molecule has 22 nitrogen and oxygen atoms in total. The predicted molar refractivity (Wildman–Crippen MR) is 145 cm³/mol. The van der Waals surface area contributed by atoms with E-state index >= 15 is 0 Å². The predicted octanol–water partition coefficient (Wildman–Crippen LogP) is -9.61. The molecule has 4 aliphatic rings. The molecule has 1 unspecified atom stereocenters. The molecule has 4 saturated heterocycles. The Morgan fingerprint density at radius 3 is 1.56 bits per heavy atom. The van der Waals surface area contributed by atoms with Gasteiger partial charge in [-0.15, -0.1) is 0 Å². The molecule has 0 saturated carbocycles. The lowest BCUT2D eigenvalue weighted by atomic mass is 9.95. The number of nitrogens with one attached hydrogen (secondary N) is 1. The Bertz CT molecular complexity index is 1030. The molecule has 4 heterocycles. The summed E-state index contributed by atoms with van der Waals surface area (Å²) in [5.74, 6) is -0.656. The summed E-state index contributed by atoms with van der Waals surface area (Å²) in [4.78, 5) is 11.6. The van der Waals surface area contributed by atoms with Crippen molar-refractivity contribution in [3.8, 4) is 0 Å². The third-order valence-corrected chi connectivity index (χ3v) is 8.59. The topological polar surface area (TPSA) is 357 Å². The molecule has 0 radical (unpaired) electrons. The third kappa shape index (κ3) is 8.24. The molecular weight excluding hydrogens is 662 g/mol. The van der Waals surface area contributed by atoms with Crippen LogP contribution in [0.4, 0.5) is 0 Å². The number of hydrogen-bond donors (Lipinski definition) is 14. The molecule has 0 aliphatic carbocycles. The van der Waals surface area contributed by atoms with Crippen LogP contribution in [-0.4, -0.2) is 221 Å². The summed E-state index contributed by atoms with van der Waals surface area (Å²) in [7, 11) is 0. The molecule has 48 heavy (non-hydrogen) atoms. The standard InChI is InChI=1S/C26H45NO21/c1-6(31)27-11-15(35)21(9(4-30)43-23(11)41)47-26-19(39)17(37)13(33)10(46-26)5-42-24-20(40)22(14(34)8(3-29)44-24)48-25-18(38)16(36)12(32)7(2-28)45-25/h7-26,28-30,32-41H,2-5H2,1H3,(H,27,31)/t7-,8-,9-,10-,11-,12-,13-,14-,15-,16+,17+,18+,19+,20+,21-,22+,23?,24+,25-,26+/m1/s1. The quantitative estimate of drug-likeness (QED) is 0.0947. The zero-order valence-corrected chi connectivity index (χ0v) is 25.5. The van der Waals surface area contributed by atoms with Crippen molar-refractivity contribution in [3.63, 3.8) is 0 Å². The van der Waals surface area contributed by atoms with Crippen LogP contribution in [0.3, 0.4) is 0 Å². The molecule has 0 aromatic heterocycles. The minimum Gasteiger partial charge on any atom is -0.394 e. The lowest BCUT2D eigenvalue weighted by Crippen LogP contribution is -2.67. The normalized spacial score (nSPS) is 50.2. The number of aliphatic hydroxyl groups excluding tert-OH is 13. The molecule has 0 aromatic carbocycles. The Morgan fingerprint density at radius 2 is 1.02 bits per heavy atom. The van der Waals surface area contributed by atoms with Gasteiger partial charge in [-0.3, -0.25) is 4.79 Å². The van der Waals surface area contributed by atoms with Gasteiger partial charge in [0.2, 0.25) is 5.91 Å². The second-order valence-corrected chi connectivity index (χ2v) is 11.9. The van der Waals surface area contributed by atoms with E-state index in [1.165, 1.54) is 0 Å². The number of carbonyl (C=O) groups is 1. The van der Waals surface area contributed by atoms with Crippen LogP contribution in [0.2, 0.25) is 0 Å². The minimum atomic E-state index is -1.96. The molecular formula is C26H45NO21. The number of amides is 1. The molecule has 20 atom stereocenters. The highest BCUT2D eigenvalue weighted by Crippen LogP contribution is 2.32. The fourth-order valence-corrected chi connectivity index (χ4v) is 5.84. The zero-order chi connectivity index (χ0) is 35.6. The Kier molecular flexibility index (Phi) is 13.8. The van der Waals surface area contributed by atoms with Crippen LogP contribution < -0.4 is 5.32 Å². The summed E-state index contributed by atoms with van der Waals surface area (Å²) in [5.41, 5.74) is 0. The van der Waals surface area contributed by atoms with E-state index in [-0.39, 0.29) is 0 Å². The summed E-state index contributed by atoms with van der Waals surface area (Å²) in [6.45, 7) is -2.10. The average Bonchev–Trinajstić information content (AvgIpc) is 3.05. The fraction of sp³-hybridized carbons (Fsp3) is 0.962. The van der Waals surface area contributed by atoms with E-state index in [0.29, 0.717) is 0 Å². The van der Waals surface area contributed by atoms with Crippen molar-refractivity contribution in [2.75, 3.05) is 26.4 Å². The molecule has 14 N–H and O–H groups in total. The van der Waals surface area contributed by atoms with Crippen LogP contribution >= 0.6 is 0 Å². The highest BCUT2D eigenvalue weighted by molar-refractivity contribution is 5.73. The lowest BCUT2D eigenvalue weighted by Gasteiger charge is -2.47. The van der Waals surface area contributed by atoms with Crippen molar-refractivity contribution in [2.24, 2.45) is 0 Å². The van der Waals surface area contributed by atoms with Crippen molar-refractivity contribution in [3.05, 3.63) is 0 Å². The summed E-state index contributed by atoms with van der Waals surface area (Å²) in [6.07, 6.45) is -33.1. The number of carbonyl (C=O) groups excluding carboxylic acids is 1. The molecule has 0 spiro atoms. The van der Waals surface area contributed by atoms with Gasteiger partial charge in [0.05, 0.1) is 26.4 Å². The summed E-state index contributed by atoms with van der Waals surface area (Å²) < 4.78 is 38.1. The van der Waals surface area contributed by atoms with E-state index in [4.69, 9.17) is 33.2 Å². The van der Waals surface area contributed by atoms with Crippen molar-refractivity contribution < 1.29 is 104 Å². The van der Waals surface area contributed by atoms with Crippen molar-refractivity contribution in [1.82, 2.24) is 5.32 Å². The van der Waals surface area contributed by atoms with Gasteiger partial charge >= 0.3 is 0 Å². The Balaban J connectivity index is 1.45. The first kappa shape index (κ1) is 39.5. The highest BCUT2D eigenvalue weighted by Gasteiger charge is 2.53. The van der Waals surface area contributed by atoms with Gasteiger partial charge in [-0.2, -0.15) is 0 Å². The molecule has 1 amide bonds. The van der Waals surface area contributed by atoms with E-state index in [0.717, 1.165) is 6.92 Å². The van der Waals surface area contributed by atoms with Crippen molar-refractivity contribution in [2.45, 2.75) is 130 Å². The van der Waals surface area contributed by atoms with E-state index in [2.05, 4.69) is 5.32 Å². The SMILES string of the molecule is CC(=O)N[C@H]1C(O)O[C@H](CO)[C@@H](O[C@@H]2O[C@H](CO[C@H]3O[C@H](CO)[C@@H](O)[C@H](O[C@H]4O[C@H](CO)[C@@H](O)[C@H](O)[C@@H]4O)[C@@H]3O)[C@@H](O)[C@H](O)[C@@H]2O)[C@@H]1O. The van der Waals surface area contributed by atoms with E-state index in [9.17, 15) is 71.2 Å². The van der Waals surface area contributed by atoms with Crippen LogP contribution in [0, 0.1) is 0 Å². The van der Waals surface area contributed by atoms with E-state index < -0.39 is 155 Å². The van der Waals surface area contributed by atoms with Gasteiger partial charge in [-0.05, 0) is 0 Å². The molecule has 4 aliphatic heterocycles. The van der Waals surface area contributed by atoms with Crippen LogP contribution in [0.25, 0.3) is 0 Å². The maximum Gasteiger partial charge on any atom is 0.217 e. The summed E-state index contributed by atoms with van der Waals surface area (Å²) >= 11 is 0. The highest BCUT2D eigenvalue weighted by atomic mass is 16.8. The number of ether oxygens (including phenoxy) is 7. The third-order valence-electron chi connectivity index (χ3n) is 8.59. The smallest absolute Gasteiger partial charge is 0.217 e. The van der Waals surface area contributed by atoms with Gasteiger partial charge in [0.1, 0.15) is 97.6 Å². The van der Waals surface area contributed by atoms with Crippen molar-refractivity contribution >= 4 is 5.91 Å². The van der Waals surface area contributed by atoms with Gasteiger partial charge in [-0.1, -0.05) is 0 Å². The number of rotatable bonds is 11. The maximum atomic E-state index is 11.6. The first-order chi connectivity index (χ1) is 22.6. The van der Waals surface area contributed by atoms with Gasteiger partial charge < -0.3 is 105 Å². The molecule has 4 rings (SSSR count). The lowest BCUT2D eigenvalue weighted by molar-refractivity contribution is -0.369. The maximum absolute atomic E-state index is 11.6. The molecule has 0 bridgehead atoms. The Hall–Kier alpha value is -1.33. The van der Waals surface area contributed by atoms with E-state index in [1.54, 1.807) is 0 Å². The second kappa shape index (κ2) is 16.8. The van der Waals surface area contributed by atoms with Crippen LogP contribution in [-0.2, 0) is 38.0 Å². The molecule has 280 valence electrons. The Morgan fingerprint density at radius 1 is 0.542 bits per heavy atom. The van der Waals surface area contributed by atoms with Gasteiger partial charge in [0.15, 0.2) is 25.2 Å². The monoisotopic (exact) mass is 707 g/mol. The number of aliphatic hydroxyl groups is 13. The molecule has 22 heteroatoms. The van der Waals surface area contributed by atoms with Crippen LogP contribution in [0.15, 0.2) is 0 Å².